The number of halogens is 2. The number of hydrogen-bond donors (Lipinski definition) is 1. The van der Waals surface area contributed by atoms with Crippen molar-refractivity contribution >= 4 is 45.9 Å². The fourth-order valence-electron chi connectivity index (χ4n) is 3.01. The van der Waals surface area contributed by atoms with Crippen LogP contribution in [0.1, 0.15) is 18.1 Å². The molecule has 33 heavy (non-hydrogen) atoms. The first-order chi connectivity index (χ1) is 16.1. The summed E-state index contributed by atoms with van der Waals surface area (Å²) in [5, 5.41) is 8.04. The van der Waals surface area contributed by atoms with E-state index in [1.807, 2.05) is 66.9 Å². The van der Waals surface area contributed by atoms with Gasteiger partial charge in [-0.3, -0.25) is 5.43 Å². The van der Waals surface area contributed by atoms with Gasteiger partial charge in [-0.2, -0.15) is 5.10 Å². The SMILES string of the molecule is CCOc1cc(/C=N\Nc2nc(-c3ccccc3)cs2)ccc1OCc1ccc(Cl)c(Cl)c1. The lowest BCUT2D eigenvalue weighted by molar-refractivity contribution is 0.269. The van der Waals surface area contributed by atoms with Gasteiger partial charge in [-0.25, -0.2) is 4.98 Å². The second-order valence-corrected chi connectivity index (χ2v) is 8.62. The standard InChI is InChI=1S/C25H21Cl2N3O2S/c1-2-31-24-13-17(9-11-23(24)32-15-18-8-10-20(26)21(27)12-18)14-28-30-25-29-22(16-33-25)19-6-4-3-5-7-19/h3-14,16H,2,15H2,1H3,(H,29,30)/b28-14-. The maximum Gasteiger partial charge on any atom is 0.203 e. The van der Waals surface area contributed by atoms with Crippen LogP contribution in [0.2, 0.25) is 10.0 Å². The summed E-state index contributed by atoms with van der Waals surface area (Å²) in [5.74, 6) is 1.28. The third kappa shape index (κ3) is 6.26. The van der Waals surface area contributed by atoms with Crippen LogP contribution in [-0.4, -0.2) is 17.8 Å². The van der Waals surface area contributed by atoms with Crippen molar-refractivity contribution in [2.75, 3.05) is 12.0 Å². The van der Waals surface area contributed by atoms with Crippen molar-refractivity contribution in [1.29, 1.82) is 0 Å². The molecule has 1 aromatic heterocycles. The Hall–Kier alpha value is -3.06. The van der Waals surface area contributed by atoms with Crippen LogP contribution in [0.4, 0.5) is 5.13 Å². The Morgan fingerprint density at radius 1 is 0.970 bits per heavy atom. The van der Waals surface area contributed by atoms with Crippen molar-refractivity contribution in [3.8, 4) is 22.8 Å². The molecule has 1 heterocycles. The number of hydrogen-bond acceptors (Lipinski definition) is 6. The van der Waals surface area contributed by atoms with Gasteiger partial charge in [0.15, 0.2) is 11.5 Å². The van der Waals surface area contributed by atoms with E-state index in [1.54, 1.807) is 18.3 Å². The maximum absolute atomic E-state index is 6.09. The number of nitrogens with one attached hydrogen (secondary N) is 1. The van der Waals surface area contributed by atoms with Crippen molar-refractivity contribution in [2.24, 2.45) is 5.10 Å². The molecule has 0 saturated carbocycles. The van der Waals surface area contributed by atoms with Crippen LogP contribution in [0, 0.1) is 0 Å². The van der Waals surface area contributed by atoms with Crippen LogP contribution >= 0.6 is 34.5 Å². The van der Waals surface area contributed by atoms with E-state index < -0.39 is 0 Å². The van der Waals surface area contributed by atoms with E-state index in [-0.39, 0.29) is 0 Å². The first-order valence-corrected chi connectivity index (χ1v) is 11.9. The van der Waals surface area contributed by atoms with Crippen LogP contribution in [-0.2, 0) is 6.61 Å². The van der Waals surface area contributed by atoms with Crippen LogP contribution in [0.25, 0.3) is 11.3 Å². The Morgan fingerprint density at radius 3 is 2.61 bits per heavy atom. The lowest BCUT2D eigenvalue weighted by atomic mass is 10.2. The van der Waals surface area contributed by atoms with E-state index in [1.165, 1.54) is 11.3 Å². The zero-order valence-electron chi connectivity index (χ0n) is 17.8. The molecule has 0 fully saturated rings. The average molecular weight is 498 g/mol. The molecule has 0 aliphatic rings. The molecule has 0 unspecified atom stereocenters. The number of thiazole rings is 1. The van der Waals surface area contributed by atoms with Crippen LogP contribution in [0.15, 0.2) is 77.2 Å². The van der Waals surface area contributed by atoms with Crippen LogP contribution in [0.5, 0.6) is 11.5 Å². The molecule has 4 rings (SSSR count). The summed E-state index contributed by atoms with van der Waals surface area (Å²) in [4.78, 5) is 4.57. The molecular weight excluding hydrogens is 477 g/mol. The van der Waals surface area contributed by atoms with E-state index in [0.717, 1.165) is 27.5 Å². The molecule has 0 atom stereocenters. The number of hydrazone groups is 1. The smallest absolute Gasteiger partial charge is 0.203 e. The number of rotatable bonds is 9. The Bertz CT molecular complexity index is 1250. The zero-order valence-corrected chi connectivity index (χ0v) is 20.1. The second kappa shape index (κ2) is 11.2. The van der Waals surface area contributed by atoms with Gasteiger partial charge in [0, 0.05) is 10.9 Å². The molecule has 0 bridgehead atoms. The summed E-state index contributed by atoms with van der Waals surface area (Å²) in [7, 11) is 0. The molecule has 0 radical (unpaired) electrons. The Kier molecular flexibility index (Phi) is 7.83. The summed E-state index contributed by atoms with van der Waals surface area (Å²) in [6.45, 7) is 2.79. The predicted octanol–water partition coefficient (Wildman–Crippen LogP) is 7.54. The van der Waals surface area contributed by atoms with E-state index >= 15 is 0 Å². The van der Waals surface area contributed by atoms with Gasteiger partial charge in [-0.15, -0.1) is 11.3 Å². The molecule has 5 nitrogen and oxygen atoms in total. The fourth-order valence-corrected chi connectivity index (χ4v) is 4.00. The minimum Gasteiger partial charge on any atom is -0.490 e. The van der Waals surface area contributed by atoms with Gasteiger partial charge >= 0.3 is 0 Å². The summed E-state index contributed by atoms with van der Waals surface area (Å²) in [5.41, 5.74) is 6.76. The van der Waals surface area contributed by atoms with Crippen molar-refractivity contribution in [2.45, 2.75) is 13.5 Å². The van der Waals surface area contributed by atoms with Crippen molar-refractivity contribution < 1.29 is 9.47 Å². The van der Waals surface area contributed by atoms with E-state index in [9.17, 15) is 0 Å². The topological polar surface area (TPSA) is 55.7 Å². The van der Waals surface area contributed by atoms with Crippen molar-refractivity contribution in [3.63, 3.8) is 0 Å². The molecule has 0 aliphatic carbocycles. The molecule has 0 spiro atoms. The van der Waals surface area contributed by atoms with Gasteiger partial charge in [0.05, 0.1) is 28.6 Å². The van der Waals surface area contributed by atoms with E-state index in [0.29, 0.717) is 34.8 Å². The minimum atomic E-state index is 0.347. The lowest BCUT2D eigenvalue weighted by Crippen LogP contribution is -2.01. The summed E-state index contributed by atoms with van der Waals surface area (Å²) >= 11 is 13.6. The highest BCUT2D eigenvalue weighted by molar-refractivity contribution is 7.14. The molecule has 0 saturated heterocycles. The highest BCUT2D eigenvalue weighted by Gasteiger charge is 2.08. The van der Waals surface area contributed by atoms with E-state index in [4.69, 9.17) is 32.7 Å². The molecule has 0 aliphatic heterocycles. The maximum atomic E-state index is 6.09. The van der Waals surface area contributed by atoms with Gasteiger partial charge in [0.25, 0.3) is 0 Å². The monoisotopic (exact) mass is 497 g/mol. The lowest BCUT2D eigenvalue weighted by Gasteiger charge is -2.13. The largest absolute Gasteiger partial charge is 0.490 e. The minimum absolute atomic E-state index is 0.347. The third-order valence-corrected chi connectivity index (χ3v) is 6.08. The number of ether oxygens (including phenoxy) is 2. The molecule has 0 amide bonds. The quantitative estimate of drug-likeness (QED) is 0.191. The first kappa shape index (κ1) is 23.1. The second-order valence-electron chi connectivity index (χ2n) is 6.95. The normalized spacial score (nSPS) is 11.0. The Balaban J connectivity index is 1.41. The van der Waals surface area contributed by atoms with Crippen molar-refractivity contribution in [3.05, 3.63) is 93.3 Å². The van der Waals surface area contributed by atoms with Crippen LogP contribution < -0.4 is 14.9 Å². The molecule has 3 aromatic carbocycles. The molecule has 8 heteroatoms. The molecule has 1 N–H and O–H groups in total. The number of aromatic nitrogens is 1. The van der Waals surface area contributed by atoms with Crippen molar-refractivity contribution in [1.82, 2.24) is 4.98 Å². The number of nitrogens with zero attached hydrogens (tertiary/aromatic N) is 2. The first-order valence-electron chi connectivity index (χ1n) is 10.3. The van der Waals surface area contributed by atoms with Gasteiger partial charge in [-0.1, -0.05) is 59.6 Å². The number of benzene rings is 3. The summed E-state index contributed by atoms with van der Waals surface area (Å²) < 4.78 is 11.7. The average Bonchev–Trinajstić information content (AvgIpc) is 3.30. The molecule has 4 aromatic rings. The van der Waals surface area contributed by atoms with Gasteiger partial charge < -0.3 is 9.47 Å². The molecular formula is C25H21Cl2N3O2S. The van der Waals surface area contributed by atoms with Crippen LogP contribution in [0.3, 0.4) is 0 Å². The van der Waals surface area contributed by atoms with Gasteiger partial charge in [-0.05, 0) is 48.4 Å². The Morgan fingerprint density at radius 2 is 1.82 bits per heavy atom. The Labute approximate surface area is 206 Å². The van der Waals surface area contributed by atoms with E-state index in [2.05, 4.69) is 15.5 Å². The van der Waals surface area contributed by atoms with Gasteiger partial charge in [0.2, 0.25) is 5.13 Å². The fraction of sp³-hybridized carbons (Fsp3) is 0.120. The molecule has 168 valence electrons. The number of anilines is 1. The zero-order chi connectivity index (χ0) is 23.0. The van der Waals surface area contributed by atoms with Gasteiger partial charge in [0.1, 0.15) is 6.61 Å². The highest BCUT2D eigenvalue weighted by Crippen LogP contribution is 2.30. The highest BCUT2D eigenvalue weighted by atomic mass is 35.5. The predicted molar refractivity (Wildman–Crippen MR) is 137 cm³/mol. The third-order valence-electron chi connectivity index (χ3n) is 4.59. The summed E-state index contributed by atoms with van der Waals surface area (Å²) in [6.07, 6.45) is 1.72. The summed E-state index contributed by atoms with van der Waals surface area (Å²) in [6, 6.07) is 21.1.